The maximum Gasteiger partial charge on any atom is 0.228 e. The van der Waals surface area contributed by atoms with Crippen LogP contribution in [0.25, 0.3) is 0 Å². The number of amides is 2. The molecule has 2 amide bonds. The Hall–Kier alpha value is -2.82. The topological polar surface area (TPSA) is 61.4 Å². The number of hydrogen-bond donors (Lipinski definition) is 2. The van der Waals surface area contributed by atoms with Gasteiger partial charge in [0.15, 0.2) is 0 Å². The summed E-state index contributed by atoms with van der Waals surface area (Å²) in [4.78, 5) is 25.7. The number of carbonyl (C=O) groups is 2. The predicted octanol–water partition coefficient (Wildman–Crippen LogP) is 3.73. The second-order valence-corrected chi connectivity index (χ2v) is 6.80. The van der Waals surface area contributed by atoms with E-state index in [1.807, 2.05) is 24.3 Å². The van der Waals surface area contributed by atoms with Gasteiger partial charge in [-0.15, -0.1) is 0 Å². The summed E-state index contributed by atoms with van der Waals surface area (Å²) >= 11 is 0. The van der Waals surface area contributed by atoms with Crippen LogP contribution in [0.2, 0.25) is 0 Å². The third-order valence-corrected chi connectivity index (χ3v) is 4.57. The zero-order valence-electron chi connectivity index (χ0n) is 15.3. The van der Waals surface area contributed by atoms with Crippen LogP contribution in [0.15, 0.2) is 42.5 Å². The molecule has 5 nitrogen and oxygen atoms in total. The lowest BCUT2D eigenvalue weighted by Gasteiger charge is -2.20. The smallest absolute Gasteiger partial charge is 0.228 e. The van der Waals surface area contributed by atoms with Gasteiger partial charge < -0.3 is 15.5 Å². The fraction of sp³-hybridized carbons (Fsp3) is 0.333. The summed E-state index contributed by atoms with van der Waals surface area (Å²) in [6, 6.07) is 13.4. The van der Waals surface area contributed by atoms with Crippen LogP contribution < -0.4 is 15.5 Å². The van der Waals surface area contributed by atoms with Crippen molar-refractivity contribution in [3.8, 4) is 0 Å². The van der Waals surface area contributed by atoms with E-state index in [4.69, 9.17) is 0 Å². The molecular weight excluding hydrogens is 326 g/mol. The van der Waals surface area contributed by atoms with Crippen LogP contribution in [-0.2, 0) is 16.0 Å². The summed E-state index contributed by atoms with van der Waals surface area (Å²) in [6.45, 7) is 5.78. The van der Waals surface area contributed by atoms with Crippen molar-refractivity contribution in [2.24, 2.45) is 0 Å². The Morgan fingerprint density at radius 2 is 1.62 bits per heavy atom. The molecule has 26 heavy (non-hydrogen) atoms. The molecule has 1 saturated heterocycles. The minimum absolute atomic E-state index is 0.0504. The fourth-order valence-electron chi connectivity index (χ4n) is 3.35. The van der Waals surface area contributed by atoms with E-state index >= 15 is 0 Å². The molecule has 1 heterocycles. The van der Waals surface area contributed by atoms with Crippen molar-refractivity contribution in [1.29, 1.82) is 0 Å². The van der Waals surface area contributed by atoms with Crippen molar-refractivity contribution in [3.05, 3.63) is 53.6 Å². The highest BCUT2D eigenvalue weighted by Gasteiger charge is 2.14. The lowest BCUT2D eigenvalue weighted by atomic mass is 10.1. The second-order valence-electron chi connectivity index (χ2n) is 6.80. The Morgan fingerprint density at radius 1 is 0.962 bits per heavy atom. The number of carbonyl (C=O) groups excluding carboxylic acids is 2. The highest BCUT2D eigenvalue weighted by atomic mass is 16.2. The molecule has 2 aromatic rings. The van der Waals surface area contributed by atoms with Crippen LogP contribution in [0.1, 0.15) is 30.9 Å². The monoisotopic (exact) mass is 351 g/mol. The van der Waals surface area contributed by atoms with Gasteiger partial charge in [-0.2, -0.15) is 0 Å². The van der Waals surface area contributed by atoms with E-state index in [9.17, 15) is 9.59 Å². The van der Waals surface area contributed by atoms with Crippen molar-refractivity contribution in [3.63, 3.8) is 0 Å². The van der Waals surface area contributed by atoms with Gasteiger partial charge in [0, 0.05) is 37.1 Å². The third-order valence-electron chi connectivity index (χ3n) is 4.57. The number of nitrogens with zero attached hydrogens (tertiary/aromatic N) is 1. The minimum Gasteiger partial charge on any atom is -0.371 e. The molecule has 0 bridgehead atoms. The van der Waals surface area contributed by atoms with Crippen LogP contribution in [0.5, 0.6) is 0 Å². The first kappa shape index (κ1) is 18.0. The number of hydrogen-bond acceptors (Lipinski definition) is 3. The Morgan fingerprint density at radius 3 is 2.23 bits per heavy atom. The van der Waals surface area contributed by atoms with Gasteiger partial charge >= 0.3 is 0 Å². The first-order valence-electron chi connectivity index (χ1n) is 9.03. The molecule has 0 unspecified atom stereocenters. The van der Waals surface area contributed by atoms with E-state index in [0.717, 1.165) is 30.0 Å². The quantitative estimate of drug-likeness (QED) is 0.863. The molecule has 1 aliphatic heterocycles. The molecule has 2 N–H and O–H groups in total. The fourth-order valence-corrected chi connectivity index (χ4v) is 3.35. The van der Waals surface area contributed by atoms with Crippen LogP contribution in [0, 0.1) is 6.92 Å². The minimum atomic E-state index is -0.108. The first-order chi connectivity index (χ1) is 12.5. The molecule has 0 aliphatic carbocycles. The Labute approximate surface area is 154 Å². The van der Waals surface area contributed by atoms with Crippen LogP contribution in [0.3, 0.4) is 0 Å². The molecule has 0 spiro atoms. The van der Waals surface area contributed by atoms with Gasteiger partial charge in [-0.3, -0.25) is 9.59 Å². The lowest BCUT2D eigenvalue weighted by molar-refractivity contribution is -0.116. The van der Waals surface area contributed by atoms with Crippen LogP contribution in [-0.4, -0.2) is 24.9 Å². The second kappa shape index (κ2) is 8.04. The van der Waals surface area contributed by atoms with E-state index in [1.54, 1.807) is 12.1 Å². The van der Waals surface area contributed by atoms with Gasteiger partial charge in [-0.1, -0.05) is 12.1 Å². The van der Waals surface area contributed by atoms with Gasteiger partial charge in [0.1, 0.15) is 0 Å². The predicted molar refractivity (Wildman–Crippen MR) is 106 cm³/mol. The first-order valence-corrected chi connectivity index (χ1v) is 9.03. The maximum atomic E-state index is 12.3. The Balaban J connectivity index is 1.59. The summed E-state index contributed by atoms with van der Waals surface area (Å²) in [5, 5.41) is 5.68. The zero-order valence-corrected chi connectivity index (χ0v) is 15.3. The molecule has 0 radical (unpaired) electrons. The standard InChI is InChI=1S/C21H25N3O2/c1-15-13-19(9-10-20(15)24-11-3-4-12-24)23-21(26)14-17-5-7-18(8-6-17)22-16(2)25/h5-10,13H,3-4,11-12,14H2,1-2H3,(H,22,25)(H,23,26). The average Bonchev–Trinajstić information content (AvgIpc) is 3.10. The largest absolute Gasteiger partial charge is 0.371 e. The van der Waals surface area contributed by atoms with Crippen molar-refractivity contribution in [1.82, 2.24) is 0 Å². The van der Waals surface area contributed by atoms with Crippen LogP contribution in [0.4, 0.5) is 17.1 Å². The van der Waals surface area contributed by atoms with E-state index in [2.05, 4.69) is 28.5 Å². The number of aryl methyl sites for hydroxylation is 1. The summed E-state index contributed by atoms with van der Waals surface area (Å²) in [5.74, 6) is -0.158. The Kier molecular flexibility index (Phi) is 5.56. The van der Waals surface area contributed by atoms with Gasteiger partial charge in [0.25, 0.3) is 0 Å². The molecule has 0 aromatic heterocycles. The summed E-state index contributed by atoms with van der Waals surface area (Å²) in [7, 11) is 0. The summed E-state index contributed by atoms with van der Waals surface area (Å²) < 4.78 is 0. The summed E-state index contributed by atoms with van der Waals surface area (Å²) in [6.07, 6.45) is 2.80. The molecule has 1 fully saturated rings. The van der Waals surface area contributed by atoms with Gasteiger partial charge in [-0.05, 0) is 61.2 Å². The van der Waals surface area contributed by atoms with Crippen molar-refractivity contribution in [2.45, 2.75) is 33.1 Å². The number of benzene rings is 2. The molecule has 3 rings (SSSR count). The van der Waals surface area contributed by atoms with Gasteiger partial charge in [0.2, 0.25) is 11.8 Å². The molecule has 1 aliphatic rings. The number of anilines is 3. The van der Waals surface area contributed by atoms with E-state index < -0.39 is 0 Å². The van der Waals surface area contributed by atoms with Crippen molar-refractivity contribution < 1.29 is 9.59 Å². The van der Waals surface area contributed by atoms with E-state index in [0.29, 0.717) is 6.42 Å². The maximum absolute atomic E-state index is 12.3. The molecule has 5 heteroatoms. The van der Waals surface area contributed by atoms with Gasteiger partial charge in [-0.25, -0.2) is 0 Å². The third kappa shape index (κ3) is 4.63. The molecule has 0 saturated carbocycles. The number of nitrogens with one attached hydrogen (secondary N) is 2. The summed E-state index contributed by atoms with van der Waals surface area (Å²) in [5.41, 5.74) is 4.90. The zero-order chi connectivity index (χ0) is 18.5. The van der Waals surface area contributed by atoms with Crippen molar-refractivity contribution in [2.75, 3.05) is 28.6 Å². The van der Waals surface area contributed by atoms with E-state index in [1.165, 1.54) is 31.0 Å². The lowest BCUT2D eigenvalue weighted by Crippen LogP contribution is -2.19. The molecule has 0 atom stereocenters. The molecule has 136 valence electrons. The highest BCUT2D eigenvalue weighted by Crippen LogP contribution is 2.26. The number of rotatable bonds is 5. The SMILES string of the molecule is CC(=O)Nc1ccc(CC(=O)Nc2ccc(N3CCCC3)c(C)c2)cc1. The normalized spacial score (nSPS) is 13.5. The average molecular weight is 351 g/mol. The molecule has 2 aromatic carbocycles. The van der Waals surface area contributed by atoms with Crippen molar-refractivity contribution >= 4 is 28.9 Å². The van der Waals surface area contributed by atoms with Crippen LogP contribution >= 0.6 is 0 Å². The highest BCUT2D eigenvalue weighted by molar-refractivity contribution is 5.93. The van der Waals surface area contributed by atoms with Gasteiger partial charge in [0.05, 0.1) is 6.42 Å². The van der Waals surface area contributed by atoms with E-state index in [-0.39, 0.29) is 11.8 Å². The Bertz CT molecular complexity index is 793. The molecular formula is C21H25N3O2.